The SMILES string of the molecule is CCCN1CCC(N[C@H](c2cccc(F)c2)c2cnn(C)c2)CC1. The zero-order chi connectivity index (χ0) is 16.9. The van der Waals surface area contributed by atoms with Gasteiger partial charge in [0.1, 0.15) is 5.82 Å². The Labute approximate surface area is 143 Å². The van der Waals surface area contributed by atoms with Crippen LogP contribution >= 0.6 is 0 Å². The highest BCUT2D eigenvalue weighted by molar-refractivity contribution is 5.29. The molecule has 130 valence electrons. The van der Waals surface area contributed by atoms with Gasteiger partial charge in [-0.05, 0) is 56.6 Å². The lowest BCUT2D eigenvalue weighted by Gasteiger charge is -2.34. The molecule has 0 amide bonds. The van der Waals surface area contributed by atoms with Crippen LogP contribution in [0.15, 0.2) is 36.7 Å². The summed E-state index contributed by atoms with van der Waals surface area (Å²) < 4.78 is 15.5. The van der Waals surface area contributed by atoms with Crippen LogP contribution in [0.2, 0.25) is 0 Å². The van der Waals surface area contributed by atoms with Gasteiger partial charge in [0.05, 0.1) is 12.2 Å². The highest BCUT2D eigenvalue weighted by Gasteiger charge is 2.24. The summed E-state index contributed by atoms with van der Waals surface area (Å²) in [6, 6.07) is 7.31. The standard InChI is InChI=1S/C19H27FN4/c1-3-9-24-10-7-18(8-11-24)22-19(16-13-21-23(2)14-16)15-5-4-6-17(20)12-15/h4-6,12-14,18-19,22H,3,7-11H2,1-2H3/t19-/m1/s1. The van der Waals surface area contributed by atoms with E-state index in [1.807, 2.05) is 25.5 Å². The first-order chi connectivity index (χ1) is 11.7. The Morgan fingerprint density at radius 1 is 1.29 bits per heavy atom. The number of piperidine rings is 1. The van der Waals surface area contributed by atoms with Gasteiger partial charge in [-0.15, -0.1) is 0 Å². The van der Waals surface area contributed by atoms with E-state index >= 15 is 0 Å². The molecule has 0 radical (unpaired) electrons. The van der Waals surface area contributed by atoms with Crippen molar-refractivity contribution in [2.45, 2.75) is 38.3 Å². The van der Waals surface area contributed by atoms with Crippen molar-refractivity contribution < 1.29 is 4.39 Å². The van der Waals surface area contributed by atoms with Gasteiger partial charge in [0.15, 0.2) is 0 Å². The molecule has 4 nitrogen and oxygen atoms in total. The summed E-state index contributed by atoms with van der Waals surface area (Å²) in [4.78, 5) is 2.53. The smallest absolute Gasteiger partial charge is 0.123 e. The Bertz CT molecular complexity index is 646. The van der Waals surface area contributed by atoms with E-state index < -0.39 is 0 Å². The molecule has 1 N–H and O–H groups in total. The van der Waals surface area contributed by atoms with E-state index in [0.29, 0.717) is 6.04 Å². The van der Waals surface area contributed by atoms with Crippen molar-refractivity contribution in [1.29, 1.82) is 0 Å². The number of likely N-dealkylation sites (tertiary alicyclic amines) is 1. The van der Waals surface area contributed by atoms with Crippen LogP contribution in [0, 0.1) is 5.82 Å². The van der Waals surface area contributed by atoms with E-state index in [1.165, 1.54) is 19.0 Å². The summed E-state index contributed by atoms with van der Waals surface area (Å²) in [6.45, 7) is 5.68. The second-order valence-electron chi connectivity index (χ2n) is 6.72. The fourth-order valence-electron chi connectivity index (χ4n) is 3.54. The normalized spacial score (nSPS) is 18.0. The molecule has 1 atom stereocenters. The monoisotopic (exact) mass is 330 g/mol. The average molecular weight is 330 g/mol. The number of hydrogen-bond acceptors (Lipinski definition) is 3. The van der Waals surface area contributed by atoms with Crippen LogP contribution in [0.4, 0.5) is 4.39 Å². The van der Waals surface area contributed by atoms with Crippen LogP contribution in [0.3, 0.4) is 0 Å². The summed E-state index contributed by atoms with van der Waals surface area (Å²) in [5.41, 5.74) is 2.04. The van der Waals surface area contributed by atoms with Crippen LogP contribution in [0.25, 0.3) is 0 Å². The van der Waals surface area contributed by atoms with Gasteiger partial charge in [-0.25, -0.2) is 4.39 Å². The number of benzene rings is 1. The number of halogens is 1. The molecule has 0 spiro atoms. The lowest BCUT2D eigenvalue weighted by molar-refractivity contribution is 0.194. The fourth-order valence-corrected chi connectivity index (χ4v) is 3.54. The van der Waals surface area contributed by atoms with E-state index in [1.54, 1.807) is 16.8 Å². The number of rotatable bonds is 6. The highest BCUT2D eigenvalue weighted by Crippen LogP contribution is 2.25. The largest absolute Gasteiger partial charge is 0.303 e. The molecule has 1 saturated heterocycles. The molecule has 2 aromatic rings. The van der Waals surface area contributed by atoms with Gasteiger partial charge in [-0.3, -0.25) is 4.68 Å². The van der Waals surface area contributed by atoms with Crippen LogP contribution in [0.5, 0.6) is 0 Å². The molecule has 5 heteroatoms. The molecule has 1 aromatic heterocycles. The minimum Gasteiger partial charge on any atom is -0.303 e. The summed E-state index contributed by atoms with van der Waals surface area (Å²) in [5.74, 6) is -0.194. The van der Waals surface area contributed by atoms with Crippen molar-refractivity contribution in [3.05, 3.63) is 53.6 Å². The quantitative estimate of drug-likeness (QED) is 0.883. The van der Waals surface area contributed by atoms with Crippen molar-refractivity contribution in [3.63, 3.8) is 0 Å². The Balaban J connectivity index is 1.74. The van der Waals surface area contributed by atoms with Crippen molar-refractivity contribution in [2.24, 2.45) is 7.05 Å². The predicted octanol–water partition coefficient (Wildman–Crippen LogP) is 3.11. The van der Waals surface area contributed by atoms with Gasteiger partial charge in [-0.1, -0.05) is 19.1 Å². The van der Waals surface area contributed by atoms with E-state index in [9.17, 15) is 4.39 Å². The van der Waals surface area contributed by atoms with Gasteiger partial charge >= 0.3 is 0 Å². The fraction of sp³-hybridized carbons (Fsp3) is 0.526. The Kier molecular flexibility index (Phi) is 5.63. The van der Waals surface area contributed by atoms with Crippen molar-refractivity contribution in [1.82, 2.24) is 20.0 Å². The minimum atomic E-state index is -0.194. The molecule has 0 unspecified atom stereocenters. The maximum absolute atomic E-state index is 13.7. The lowest BCUT2D eigenvalue weighted by Crippen LogP contribution is -2.44. The predicted molar refractivity (Wildman–Crippen MR) is 94.3 cm³/mol. The average Bonchev–Trinajstić information content (AvgIpc) is 3.00. The van der Waals surface area contributed by atoms with Gasteiger partial charge < -0.3 is 10.2 Å². The Morgan fingerprint density at radius 3 is 2.71 bits per heavy atom. The molecule has 1 fully saturated rings. The first-order valence-electron chi connectivity index (χ1n) is 8.88. The molecule has 0 aliphatic carbocycles. The Morgan fingerprint density at radius 2 is 2.08 bits per heavy atom. The lowest BCUT2D eigenvalue weighted by atomic mass is 9.97. The van der Waals surface area contributed by atoms with Crippen LogP contribution in [-0.2, 0) is 7.05 Å². The number of hydrogen-bond donors (Lipinski definition) is 1. The summed E-state index contributed by atoms with van der Waals surface area (Å²) in [6.07, 6.45) is 7.35. The summed E-state index contributed by atoms with van der Waals surface area (Å²) in [5, 5.41) is 8.03. The maximum atomic E-state index is 13.7. The second-order valence-corrected chi connectivity index (χ2v) is 6.72. The number of nitrogens with zero attached hydrogens (tertiary/aromatic N) is 3. The highest BCUT2D eigenvalue weighted by atomic mass is 19.1. The summed E-state index contributed by atoms with van der Waals surface area (Å²) >= 11 is 0. The molecular formula is C19H27FN4. The van der Waals surface area contributed by atoms with Gasteiger partial charge in [0, 0.05) is 24.8 Å². The third-order valence-electron chi connectivity index (χ3n) is 4.77. The van der Waals surface area contributed by atoms with E-state index in [4.69, 9.17) is 0 Å². The van der Waals surface area contributed by atoms with Crippen LogP contribution in [-0.4, -0.2) is 40.4 Å². The minimum absolute atomic E-state index is 0.0166. The third kappa shape index (κ3) is 4.22. The molecular weight excluding hydrogens is 303 g/mol. The van der Waals surface area contributed by atoms with Gasteiger partial charge in [0.25, 0.3) is 0 Å². The van der Waals surface area contributed by atoms with Crippen molar-refractivity contribution in [3.8, 4) is 0 Å². The molecule has 0 saturated carbocycles. The topological polar surface area (TPSA) is 33.1 Å². The molecule has 0 bridgehead atoms. The number of aryl methyl sites for hydroxylation is 1. The molecule has 1 aromatic carbocycles. The van der Waals surface area contributed by atoms with E-state index in [0.717, 1.165) is 37.1 Å². The van der Waals surface area contributed by atoms with Crippen LogP contribution in [0.1, 0.15) is 43.4 Å². The van der Waals surface area contributed by atoms with Crippen molar-refractivity contribution >= 4 is 0 Å². The Hall–Kier alpha value is -1.72. The van der Waals surface area contributed by atoms with Gasteiger partial charge in [0.2, 0.25) is 0 Å². The third-order valence-corrected chi connectivity index (χ3v) is 4.77. The maximum Gasteiger partial charge on any atom is 0.123 e. The van der Waals surface area contributed by atoms with E-state index in [-0.39, 0.29) is 11.9 Å². The molecule has 24 heavy (non-hydrogen) atoms. The molecule has 3 rings (SSSR count). The van der Waals surface area contributed by atoms with Gasteiger partial charge in [-0.2, -0.15) is 5.10 Å². The summed E-state index contributed by atoms with van der Waals surface area (Å²) in [7, 11) is 1.91. The number of aromatic nitrogens is 2. The van der Waals surface area contributed by atoms with E-state index in [2.05, 4.69) is 22.2 Å². The number of nitrogens with one attached hydrogen (secondary N) is 1. The first kappa shape index (κ1) is 17.1. The molecule has 1 aliphatic rings. The first-order valence-corrected chi connectivity index (χ1v) is 8.88. The zero-order valence-corrected chi connectivity index (χ0v) is 14.6. The molecule has 2 heterocycles. The molecule has 1 aliphatic heterocycles. The second kappa shape index (κ2) is 7.90. The van der Waals surface area contributed by atoms with Crippen molar-refractivity contribution in [2.75, 3.05) is 19.6 Å². The van der Waals surface area contributed by atoms with Crippen LogP contribution < -0.4 is 5.32 Å². The zero-order valence-electron chi connectivity index (χ0n) is 14.6.